The lowest BCUT2D eigenvalue weighted by Gasteiger charge is -2.22. The van der Waals surface area contributed by atoms with Crippen LogP contribution in [-0.4, -0.2) is 33.0 Å². The first-order valence-electron chi connectivity index (χ1n) is 6.17. The van der Waals surface area contributed by atoms with Gasteiger partial charge in [0.25, 0.3) is 0 Å². The lowest BCUT2D eigenvalue weighted by molar-refractivity contribution is 0.0545. The molecule has 0 aromatic rings. The summed E-state index contributed by atoms with van der Waals surface area (Å²) in [4.78, 5) is 0. The monoisotopic (exact) mass is 215 g/mol. The van der Waals surface area contributed by atoms with E-state index in [1.165, 1.54) is 38.5 Å². The molecule has 0 heterocycles. The van der Waals surface area contributed by atoms with Crippen LogP contribution in [0.3, 0.4) is 0 Å². The maximum atomic E-state index is 6.13. The number of methoxy groups -OCH3 is 1. The predicted molar refractivity (Wildman–Crippen MR) is 61.9 cm³/mol. The fourth-order valence-corrected chi connectivity index (χ4v) is 2.24. The van der Waals surface area contributed by atoms with Gasteiger partial charge in [-0.3, -0.25) is 0 Å². The molecule has 0 aromatic heterocycles. The summed E-state index contributed by atoms with van der Waals surface area (Å²) >= 11 is 0. The van der Waals surface area contributed by atoms with Crippen molar-refractivity contribution in [1.29, 1.82) is 0 Å². The van der Waals surface area contributed by atoms with Crippen LogP contribution in [0.1, 0.15) is 38.5 Å². The highest BCUT2D eigenvalue weighted by Crippen LogP contribution is 2.24. The summed E-state index contributed by atoms with van der Waals surface area (Å²) in [5.74, 6) is 0.676. The van der Waals surface area contributed by atoms with Gasteiger partial charge in [-0.1, -0.05) is 25.7 Å². The summed E-state index contributed by atoms with van der Waals surface area (Å²) in [6.07, 6.45) is 8.03. The van der Waals surface area contributed by atoms with E-state index >= 15 is 0 Å². The summed E-state index contributed by atoms with van der Waals surface area (Å²) in [6.45, 7) is 2.02. The van der Waals surface area contributed by atoms with Crippen molar-refractivity contribution >= 4 is 0 Å². The Balaban J connectivity index is 2.11. The van der Waals surface area contributed by atoms with E-state index < -0.39 is 0 Å². The van der Waals surface area contributed by atoms with Crippen LogP contribution in [0.25, 0.3) is 0 Å². The fraction of sp³-hybridized carbons (Fsp3) is 1.00. The van der Waals surface area contributed by atoms with Crippen molar-refractivity contribution in [3.05, 3.63) is 0 Å². The van der Waals surface area contributed by atoms with Crippen molar-refractivity contribution in [2.75, 3.05) is 26.9 Å². The third kappa shape index (κ3) is 5.50. The molecule has 0 amide bonds. The molecule has 90 valence electrons. The number of ether oxygens (including phenoxy) is 2. The first-order valence-corrected chi connectivity index (χ1v) is 6.17. The van der Waals surface area contributed by atoms with Crippen LogP contribution in [0.4, 0.5) is 0 Å². The number of rotatable bonds is 6. The first kappa shape index (κ1) is 12.9. The molecular formula is C12H25NO2. The van der Waals surface area contributed by atoms with Crippen molar-refractivity contribution in [3.8, 4) is 0 Å². The Bertz CT molecular complexity index is 145. The molecule has 3 heteroatoms. The van der Waals surface area contributed by atoms with E-state index in [0.717, 1.165) is 0 Å². The maximum Gasteiger partial charge on any atom is 0.0701 e. The third-order valence-corrected chi connectivity index (χ3v) is 3.25. The molecule has 0 aliphatic heterocycles. The summed E-state index contributed by atoms with van der Waals surface area (Å²) in [6, 6.07) is 0.222. The molecule has 0 spiro atoms. The second kappa shape index (κ2) is 8.08. The molecule has 1 aliphatic rings. The molecule has 0 radical (unpaired) electrons. The Morgan fingerprint density at radius 1 is 1.13 bits per heavy atom. The number of nitrogens with two attached hydrogens (primary N) is 1. The second-order valence-electron chi connectivity index (χ2n) is 4.48. The lowest BCUT2D eigenvalue weighted by atomic mass is 9.93. The second-order valence-corrected chi connectivity index (χ2v) is 4.48. The van der Waals surface area contributed by atoms with Crippen LogP contribution < -0.4 is 5.73 Å². The van der Waals surface area contributed by atoms with Crippen molar-refractivity contribution in [2.24, 2.45) is 11.7 Å². The van der Waals surface area contributed by atoms with Crippen LogP contribution in [0.15, 0.2) is 0 Å². The number of hydrogen-bond acceptors (Lipinski definition) is 3. The Hall–Kier alpha value is -0.120. The minimum absolute atomic E-state index is 0.222. The molecule has 3 nitrogen and oxygen atoms in total. The molecule has 2 N–H and O–H groups in total. The van der Waals surface area contributed by atoms with Gasteiger partial charge in [-0.2, -0.15) is 0 Å². The molecule has 1 unspecified atom stereocenters. The minimum Gasteiger partial charge on any atom is -0.382 e. The van der Waals surface area contributed by atoms with Gasteiger partial charge in [-0.05, 0) is 18.8 Å². The molecule has 1 rings (SSSR count). The van der Waals surface area contributed by atoms with Gasteiger partial charge in [0.2, 0.25) is 0 Å². The Morgan fingerprint density at radius 2 is 1.80 bits per heavy atom. The van der Waals surface area contributed by atoms with Crippen LogP contribution in [0.5, 0.6) is 0 Å². The zero-order valence-corrected chi connectivity index (χ0v) is 9.91. The van der Waals surface area contributed by atoms with E-state index in [1.807, 2.05) is 0 Å². The Morgan fingerprint density at radius 3 is 2.40 bits per heavy atom. The van der Waals surface area contributed by atoms with Gasteiger partial charge in [-0.25, -0.2) is 0 Å². The third-order valence-electron chi connectivity index (χ3n) is 3.25. The minimum atomic E-state index is 0.222. The van der Waals surface area contributed by atoms with Crippen LogP contribution in [0, 0.1) is 5.92 Å². The smallest absolute Gasteiger partial charge is 0.0701 e. The largest absolute Gasteiger partial charge is 0.382 e. The van der Waals surface area contributed by atoms with E-state index in [-0.39, 0.29) is 6.04 Å². The van der Waals surface area contributed by atoms with Gasteiger partial charge < -0.3 is 15.2 Å². The Kier molecular flexibility index (Phi) is 6.98. The van der Waals surface area contributed by atoms with Crippen molar-refractivity contribution < 1.29 is 9.47 Å². The quantitative estimate of drug-likeness (QED) is 0.544. The van der Waals surface area contributed by atoms with Gasteiger partial charge in [0.05, 0.1) is 19.8 Å². The first-order chi connectivity index (χ1) is 7.34. The highest BCUT2D eigenvalue weighted by Gasteiger charge is 2.19. The van der Waals surface area contributed by atoms with Gasteiger partial charge >= 0.3 is 0 Å². The summed E-state index contributed by atoms with van der Waals surface area (Å²) in [5, 5.41) is 0. The van der Waals surface area contributed by atoms with Crippen LogP contribution in [-0.2, 0) is 9.47 Å². The molecule has 0 aromatic carbocycles. The predicted octanol–water partition coefficient (Wildman–Crippen LogP) is 1.95. The molecular weight excluding hydrogens is 190 g/mol. The van der Waals surface area contributed by atoms with Crippen molar-refractivity contribution in [2.45, 2.75) is 44.6 Å². The van der Waals surface area contributed by atoms with Crippen LogP contribution in [0.2, 0.25) is 0 Å². The number of hydrogen-bond donors (Lipinski definition) is 1. The molecule has 1 atom stereocenters. The van der Waals surface area contributed by atoms with E-state index in [2.05, 4.69) is 0 Å². The highest BCUT2D eigenvalue weighted by atomic mass is 16.5. The van der Waals surface area contributed by atoms with Gasteiger partial charge in [0, 0.05) is 13.2 Å². The van der Waals surface area contributed by atoms with Crippen molar-refractivity contribution in [3.63, 3.8) is 0 Å². The highest BCUT2D eigenvalue weighted by molar-refractivity contribution is 4.75. The van der Waals surface area contributed by atoms with Crippen LogP contribution >= 0.6 is 0 Å². The normalized spacial score (nSPS) is 21.2. The maximum absolute atomic E-state index is 6.13. The standard InChI is InChI=1S/C12H25NO2/c1-14-8-9-15-10-12(13)11-6-4-2-3-5-7-11/h11-12H,2-10,13H2,1H3. The molecule has 15 heavy (non-hydrogen) atoms. The lowest BCUT2D eigenvalue weighted by Crippen LogP contribution is -2.35. The van der Waals surface area contributed by atoms with E-state index in [0.29, 0.717) is 25.7 Å². The Labute approximate surface area is 93.3 Å². The fourth-order valence-electron chi connectivity index (χ4n) is 2.24. The molecule has 1 aliphatic carbocycles. The van der Waals surface area contributed by atoms with Crippen molar-refractivity contribution in [1.82, 2.24) is 0 Å². The zero-order valence-electron chi connectivity index (χ0n) is 9.91. The average molecular weight is 215 g/mol. The summed E-state index contributed by atoms with van der Waals surface area (Å²) < 4.78 is 10.4. The van der Waals surface area contributed by atoms with E-state index in [9.17, 15) is 0 Å². The van der Waals surface area contributed by atoms with E-state index in [1.54, 1.807) is 7.11 Å². The zero-order chi connectivity index (χ0) is 10.9. The molecule has 1 saturated carbocycles. The molecule has 1 fully saturated rings. The van der Waals surface area contributed by atoms with Gasteiger partial charge in [0.15, 0.2) is 0 Å². The van der Waals surface area contributed by atoms with Gasteiger partial charge in [0.1, 0.15) is 0 Å². The molecule has 0 bridgehead atoms. The summed E-state index contributed by atoms with van der Waals surface area (Å²) in [5.41, 5.74) is 6.13. The van der Waals surface area contributed by atoms with Gasteiger partial charge in [-0.15, -0.1) is 0 Å². The van der Waals surface area contributed by atoms with E-state index in [4.69, 9.17) is 15.2 Å². The SMILES string of the molecule is COCCOCC(N)C1CCCCCC1. The molecule has 0 saturated heterocycles. The topological polar surface area (TPSA) is 44.5 Å². The summed E-state index contributed by atoms with van der Waals surface area (Å²) in [7, 11) is 1.69. The average Bonchev–Trinajstić information content (AvgIpc) is 2.52.